The summed E-state index contributed by atoms with van der Waals surface area (Å²) in [5.74, 6) is 0.165. The number of nitrogens with zero attached hydrogens (tertiary/aromatic N) is 1. The van der Waals surface area contributed by atoms with Crippen LogP contribution in [-0.2, 0) is 9.53 Å². The first-order chi connectivity index (χ1) is 9.14. The second kappa shape index (κ2) is 4.91. The summed E-state index contributed by atoms with van der Waals surface area (Å²) in [7, 11) is 0. The van der Waals surface area contributed by atoms with Crippen molar-refractivity contribution in [1.29, 1.82) is 0 Å². The molecular formula is C14H24N2O4. The SMILES string of the molecule is CC(O)CNC(=O)C12CC1CN(C(=O)OC(C)(C)C)C2. The van der Waals surface area contributed by atoms with E-state index in [0.717, 1.165) is 6.42 Å². The molecule has 6 heteroatoms. The summed E-state index contributed by atoms with van der Waals surface area (Å²) >= 11 is 0. The number of hydrogen-bond donors (Lipinski definition) is 2. The van der Waals surface area contributed by atoms with Gasteiger partial charge in [0.25, 0.3) is 0 Å². The van der Waals surface area contributed by atoms with Crippen LogP contribution in [0.2, 0.25) is 0 Å². The van der Waals surface area contributed by atoms with Crippen LogP contribution in [0.1, 0.15) is 34.1 Å². The molecule has 114 valence electrons. The first-order valence-corrected chi connectivity index (χ1v) is 7.08. The summed E-state index contributed by atoms with van der Waals surface area (Å²) < 4.78 is 5.33. The molecule has 0 bridgehead atoms. The van der Waals surface area contributed by atoms with E-state index in [9.17, 15) is 14.7 Å². The quantitative estimate of drug-likeness (QED) is 0.801. The molecule has 0 aromatic carbocycles. The Morgan fingerprint density at radius 1 is 1.50 bits per heavy atom. The molecule has 2 aliphatic rings. The number of rotatable bonds is 3. The van der Waals surface area contributed by atoms with E-state index >= 15 is 0 Å². The first kappa shape index (κ1) is 15.1. The summed E-state index contributed by atoms with van der Waals surface area (Å²) in [6.45, 7) is 8.35. The zero-order valence-electron chi connectivity index (χ0n) is 12.6. The highest BCUT2D eigenvalue weighted by atomic mass is 16.6. The molecular weight excluding hydrogens is 260 g/mol. The van der Waals surface area contributed by atoms with Crippen molar-refractivity contribution >= 4 is 12.0 Å². The molecule has 1 aliphatic carbocycles. The number of likely N-dealkylation sites (tertiary alicyclic amines) is 1. The van der Waals surface area contributed by atoms with Gasteiger partial charge in [-0.05, 0) is 40.0 Å². The van der Waals surface area contributed by atoms with Crippen LogP contribution in [0.3, 0.4) is 0 Å². The van der Waals surface area contributed by atoms with Crippen LogP contribution in [0.15, 0.2) is 0 Å². The van der Waals surface area contributed by atoms with Crippen molar-refractivity contribution in [3.63, 3.8) is 0 Å². The number of hydrogen-bond acceptors (Lipinski definition) is 4. The van der Waals surface area contributed by atoms with Crippen molar-refractivity contribution in [2.45, 2.75) is 45.8 Å². The maximum Gasteiger partial charge on any atom is 0.410 e. The van der Waals surface area contributed by atoms with Crippen molar-refractivity contribution in [3.05, 3.63) is 0 Å². The number of aliphatic hydroxyl groups is 1. The smallest absolute Gasteiger partial charge is 0.410 e. The molecule has 0 radical (unpaired) electrons. The van der Waals surface area contributed by atoms with E-state index in [2.05, 4.69) is 5.32 Å². The van der Waals surface area contributed by atoms with Gasteiger partial charge in [-0.25, -0.2) is 4.79 Å². The van der Waals surface area contributed by atoms with Crippen LogP contribution in [-0.4, -0.2) is 53.3 Å². The highest BCUT2D eigenvalue weighted by molar-refractivity contribution is 5.88. The standard InChI is InChI=1S/C14H24N2O4/c1-9(17)6-15-11(18)14-5-10(14)7-16(8-14)12(19)20-13(2,3)4/h9-10,17H,5-8H2,1-4H3,(H,15,18). The lowest BCUT2D eigenvalue weighted by atomic mass is 10.1. The fourth-order valence-electron chi connectivity index (χ4n) is 2.72. The van der Waals surface area contributed by atoms with E-state index in [1.807, 2.05) is 20.8 Å². The Hall–Kier alpha value is -1.30. The van der Waals surface area contributed by atoms with Gasteiger partial charge in [0.15, 0.2) is 0 Å². The van der Waals surface area contributed by atoms with Gasteiger partial charge < -0.3 is 20.1 Å². The molecule has 3 atom stereocenters. The summed E-state index contributed by atoms with van der Waals surface area (Å²) in [6.07, 6.45) is -0.0962. The van der Waals surface area contributed by atoms with Crippen LogP contribution in [0.5, 0.6) is 0 Å². The number of ether oxygens (including phenoxy) is 1. The van der Waals surface area contributed by atoms with Gasteiger partial charge in [0.05, 0.1) is 11.5 Å². The second-order valence-corrected chi connectivity index (χ2v) is 6.98. The van der Waals surface area contributed by atoms with Gasteiger partial charge in [0.2, 0.25) is 5.91 Å². The van der Waals surface area contributed by atoms with Gasteiger partial charge in [-0.15, -0.1) is 0 Å². The predicted molar refractivity (Wildman–Crippen MR) is 73.0 cm³/mol. The van der Waals surface area contributed by atoms with E-state index in [-0.39, 0.29) is 24.5 Å². The third-order valence-electron chi connectivity index (χ3n) is 3.81. The van der Waals surface area contributed by atoms with Gasteiger partial charge in [-0.3, -0.25) is 4.79 Å². The highest BCUT2D eigenvalue weighted by Crippen LogP contribution is 2.58. The molecule has 2 fully saturated rings. The first-order valence-electron chi connectivity index (χ1n) is 7.08. The summed E-state index contributed by atoms with van der Waals surface area (Å²) in [6, 6.07) is 0. The number of carbonyl (C=O) groups excluding carboxylic acids is 2. The normalized spacial score (nSPS) is 29.6. The van der Waals surface area contributed by atoms with Crippen LogP contribution in [0.4, 0.5) is 4.79 Å². The van der Waals surface area contributed by atoms with Crippen molar-refractivity contribution < 1.29 is 19.4 Å². The largest absolute Gasteiger partial charge is 0.444 e. The predicted octanol–water partition coefficient (Wildman–Crippen LogP) is 0.740. The van der Waals surface area contributed by atoms with Crippen LogP contribution >= 0.6 is 0 Å². The third-order valence-corrected chi connectivity index (χ3v) is 3.81. The Morgan fingerprint density at radius 2 is 2.15 bits per heavy atom. The molecule has 6 nitrogen and oxygen atoms in total. The lowest BCUT2D eigenvalue weighted by molar-refractivity contribution is -0.126. The fourth-order valence-corrected chi connectivity index (χ4v) is 2.72. The van der Waals surface area contributed by atoms with Crippen molar-refractivity contribution in [2.24, 2.45) is 11.3 Å². The Balaban J connectivity index is 1.89. The Morgan fingerprint density at radius 3 is 2.70 bits per heavy atom. The molecule has 20 heavy (non-hydrogen) atoms. The average Bonchev–Trinajstić information content (AvgIpc) is 2.87. The zero-order valence-corrected chi connectivity index (χ0v) is 12.6. The molecule has 1 saturated heterocycles. The molecule has 2 amide bonds. The number of nitrogens with one attached hydrogen (secondary N) is 1. The van der Waals surface area contributed by atoms with Crippen molar-refractivity contribution in [2.75, 3.05) is 19.6 Å². The Bertz CT molecular complexity index is 416. The van der Waals surface area contributed by atoms with Crippen molar-refractivity contribution in [1.82, 2.24) is 10.2 Å². The molecule has 2 rings (SSSR count). The fraction of sp³-hybridized carbons (Fsp3) is 0.857. The number of piperidine rings is 1. The number of fused-ring (bicyclic) bond motifs is 1. The molecule has 1 aliphatic heterocycles. The molecule has 2 N–H and O–H groups in total. The van der Waals surface area contributed by atoms with Crippen LogP contribution < -0.4 is 5.32 Å². The van der Waals surface area contributed by atoms with Crippen LogP contribution in [0.25, 0.3) is 0 Å². The van der Waals surface area contributed by atoms with Crippen molar-refractivity contribution in [3.8, 4) is 0 Å². The molecule has 0 aromatic rings. The van der Waals surface area contributed by atoms with Gasteiger partial charge in [-0.1, -0.05) is 0 Å². The number of carbonyl (C=O) groups is 2. The van der Waals surface area contributed by atoms with E-state index < -0.39 is 17.1 Å². The lowest BCUT2D eigenvalue weighted by Gasteiger charge is -2.26. The second-order valence-electron chi connectivity index (χ2n) is 6.98. The van der Waals surface area contributed by atoms with E-state index in [1.54, 1.807) is 11.8 Å². The number of amides is 2. The minimum atomic E-state index is -0.559. The Labute approximate surface area is 119 Å². The average molecular weight is 284 g/mol. The third kappa shape index (κ3) is 3.06. The van der Waals surface area contributed by atoms with E-state index in [1.165, 1.54) is 0 Å². The minimum Gasteiger partial charge on any atom is -0.444 e. The van der Waals surface area contributed by atoms with Gasteiger partial charge in [-0.2, -0.15) is 0 Å². The van der Waals surface area contributed by atoms with E-state index in [0.29, 0.717) is 13.1 Å². The van der Waals surface area contributed by atoms with E-state index in [4.69, 9.17) is 4.74 Å². The monoisotopic (exact) mass is 284 g/mol. The highest BCUT2D eigenvalue weighted by Gasteiger charge is 2.65. The summed E-state index contributed by atoms with van der Waals surface area (Å²) in [5, 5.41) is 12.0. The van der Waals surface area contributed by atoms with Gasteiger partial charge in [0, 0.05) is 19.6 Å². The molecule has 0 aromatic heterocycles. The maximum atomic E-state index is 12.2. The molecule has 0 spiro atoms. The van der Waals surface area contributed by atoms with Gasteiger partial charge in [0.1, 0.15) is 5.60 Å². The zero-order chi connectivity index (χ0) is 15.1. The molecule has 1 saturated carbocycles. The van der Waals surface area contributed by atoms with Gasteiger partial charge >= 0.3 is 6.09 Å². The minimum absolute atomic E-state index is 0.0607. The summed E-state index contributed by atoms with van der Waals surface area (Å²) in [4.78, 5) is 25.8. The van der Waals surface area contributed by atoms with Crippen LogP contribution in [0, 0.1) is 11.3 Å². The molecule has 3 unspecified atom stereocenters. The molecule has 1 heterocycles. The lowest BCUT2D eigenvalue weighted by Crippen LogP contribution is -2.42. The maximum absolute atomic E-state index is 12.2. The number of aliphatic hydroxyl groups excluding tert-OH is 1. The summed E-state index contributed by atoms with van der Waals surface area (Å²) in [5.41, 5.74) is -0.975. The Kier molecular flexibility index (Phi) is 3.71. The topological polar surface area (TPSA) is 78.9 Å².